The Labute approximate surface area is 185 Å². The lowest BCUT2D eigenvalue weighted by atomic mass is 9.98. The normalized spacial score (nSPS) is 22.2. The summed E-state index contributed by atoms with van der Waals surface area (Å²) in [4.78, 5) is 17.3. The molecule has 1 N–H and O–H groups in total. The average molecular weight is 426 g/mol. The van der Waals surface area contributed by atoms with Crippen molar-refractivity contribution in [2.75, 3.05) is 26.4 Å². The van der Waals surface area contributed by atoms with Gasteiger partial charge in [-0.15, -0.1) is 0 Å². The highest BCUT2D eigenvalue weighted by atomic mass is 16.7. The van der Waals surface area contributed by atoms with Crippen LogP contribution in [0.5, 0.6) is 0 Å². The molecule has 2 heterocycles. The lowest BCUT2D eigenvalue weighted by Crippen LogP contribution is -2.49. The van der Waals surface area contributed by atoms with Gasteiger partial charge in [0.2, 0.25) is 12.7 Å². The molecule has 0 atom stereocenters. The fourth-order valence-corrected chi connectivity index (χ4v) is 4.57. The summed E-state index contributed by atoms with van der Waals surface area (Å²) in [5, 5.41) is 3.23. The lowest BCUT2D eigenvalue weighted by molar-refractivity contribution is 0.0533. The van der Waals surface area contributed by atoms with Crippen LogP contribution in [-0.4, -0.2) is 48.3 Å². The predicted molar refractivity (Wildman–Crippen MR) is 121 cm³/mol. The molecule has 6 heteroatoms. The van der Waals surface area contributed by atoms with Crippen LogP contribution in [0.25, 0.3) is 0 Å². The Morgan fingerprint density at radius 1 is 1.10 bits per heavy atom. The second kappa shape index (κ2) is 11.2. The molecule has 1 aliphatic carbocycles. The van der Waals surface area contributed by atoms with Crippen LogP contribution in [0.15, 0.2) is 54.1 Å². The van der Waals surface area contributed by atoms with Crippen molar-refractivity contribution in [1.82, 2.24) is 15.1 Å². The third-order valence-electron chi connectivity index (χ3n) is 6.38. The first-order valence-corrected chi connectivity index (χ1v) is 11.7. The van der Waals surface area contributed by atoms with E-state index in [1.54, 1.807) is 10.5 Å². The van der Waals surface area contributed by atoms with Gasteiger partial charge in [-0.3, -0.25) is 9.80 Å². The number of amides is 2. The number of ether oxygens (including phenoxy) is 2. The summed E-state index contributed by atoms with van der Waals surface area (Å²) < 4.78 is 10.7. The van der Waals surface area contributed by atoms with Gasteiger partial charge in [0.1, 0.15) is 6.26 Å². The second-order valence-corrected chi connectivity index (χ2v) is 8.77. The second-order valence-electron chi connectivity index (χ2n) is 8.77. The fraction of sp³-hybridized carbons (Fsp3) is 0.560. The molecule has 0 unspecified atom stereocenters. The maximum absolute atomic E-state index is 13.1. The van der Waals surface area contributed by atoms with Gasteiger partial charge in [0, 0.05) is 25.7 Å². The summed E-state index contributed by atoms with van der Waals surface area (Å²) in [5.41, 5.74) is 2.66. The molecule has 0 bridgehead atoms. The van der Waals surface area contributed by atoms with E-state index in [-0.39, 0.29) is 18.9 Å². The molecule has 1 aromatic carbocycles. The molecule has 0 saturated carbocycles. The first-order valence-electron chi connectivity index (χ1n) is 11.7. The van der Waals surface area contributed by atoms with Crippen LogP contribution < -0.4 is 5.32 Å². The average Bonchev–Trinajstić information content (AvgIpc) is 3.30. The monoisotopic (exact) mass is 425 g/mol. The van der Waals surface area contributed by atoms with Crippen LogP contribution >= 0.6 is 0 Å². The molecule has 0 radical (unpaired) electrons. The number of hydrogen-bond acceptors (Lipinski definition) is 4. The molecule has 1 fully saturated rings. The van der Waals surface area contributed by atoms with Crippen molar-refractivity contribution in [3.05, 3.63) is 59.7 Å². The van der Waals surface area contributed by atoms with Crippen LogP contribution in [-0.2, 0) is 16.0 Å². The van der Waals surface area contributed by atoms with Crippen LogP contribution in [0.4, 0.5) is 4.79 Å². The standard InChI is InChI=1S/C25H35N3O3/c29-25(28(24-19-30-20-31-24)18-22-11-7-4-8-12-22)26-23-13-15-27(16-14-23)17-21-9-5-2-1-3-6-10-21/h4,7-9,11-12,19,23H,1-3,5-6,10,13-18,20H2,(H,26,29)/b21-9-. The van der Waals surface area contributed by atoms with Crippen molar-refractivity contribution in [2.45, 2.75) is 64.0 Å². The number of carbonyl (C=O) groups excluding carboxylic acids is 1. The Hall–Kier alpha value is -2.47. The highest BCUT2D eigenvalue weighted by Crippen LogP contribution is 2.21. The highest BCUT2D eigenvalue weighted by Gasteiger charge is 2.27. The molecule has 168 valence electrons. The van der Waals surface area contributed by atoms with E-state index in [1.807, 2.05) is 30.3 Å². The SMILES string of the molecule is O=C(NC1CCN(C/C2=C\CCCCCC2)CC1)N(Cc1ccccc1)C1=COCO1. The van der Waals surface area contributed by atoms with Crippen molar-refractivity contribution in [1.29, 1.82) is 0 Å². The van der Waals surface area contributed by atoms with E-state index in [4.69, 9.17) is 9.47 Å². The number of rotatable bonds is 6. The maximum Gasteiger partial charge on any atom is 0.324 e. The molecule has 6 nitrogen and oxygen atoms in total. The minimum atomic E-state index is -0.123. The van der Waals surface area contributed by atoms with Crippen molar-refractivity contribution < 1.29 is 14.3 Å². The Kier molecular flexibility index (Phi) is 7.88. The number of nitrogens with one attached hydrogen (secondary N) is 1. The lowest BCUT2D eigenvalue weighted by Gasteiger charge is -2.34. The number of nitrogens with zero attached hydrogens (tertiary/aromatic N) is 2. The van der Waals surface area contributed by atoms with E-state index in [9.17, 15) is 4.79 Å². The smallest absolute Gasteiger partial charge is 0.324 e. The van der Waals surface area contributed by atoms with E-state index in [0.717, 1.165) is 38.0 Å². The minimum absolute atomic E-state index is 0.123. The minimum Gasteiger partial charge on any atom is -0.459 e. The number of piperidine rings is 1. The van der Waals surface area contributed by atoms with Gasteiger partial charge >= 0.3 is 6.03 Å². The molecule has 2 aliphatic heterocycles. The van der Waals surface area contributed by atoms with Gasteiger partial charge in [-0.05, 0) is 44.1 Å². The van der Waals surface area contributed by atoms with Crippen molar-refractivity contribution in [3.8, 4) is 0 Å². The van der Waals surface area contributed by atoms with E-state index >= 15 is 0 Å². The molecule has 0 spiro atoms. The van der Waals surface area contributed by atoms with Crippen molar-refractivity contribution in [2.24, 2.45) is 0 Å². The van der Waals surface area contributed by atoms with E-state index in [2.05, 4.69) is 16.3 Å². The zero-order valence-electron chi connectivity index (χ0n) is 18.4. The first kappa shape index (κ1) is 21.8. The molecule has 1 aromatic rings. The van der Waals surface area contributed by atoms with Crippen molar-refractivity contribution >= 4 is 6.03 Å². The molecule has 0 aromatic heterocycles. The number of hydrogen-bond donors (Lipinski definition) is 1. The molecule has 3 aliphatic rings. The molecular weight excluding hydrogens is 390 g/mol. The molecule has 1 saturated heterocycles. The fourth-order valence-electron chi connectivity index (χ4n) is 4.57. The number of benzene rings is 1. The van der Waals surface area contributed by atoms with Gasteiger partial charge in [-0.2, -0.15) is 0 Å². The topological polar surface area (TPSA) is 54.0 Å². The molecular formula is C25H35N3O3. The zero-order valence-corrected chi connectivity index (χ0v) is 18.4. The van der Waals surface area contributed by atoms with E-state index < -0.39 is 0 Å². The van der Waals surface area contributed by atoms with E-state index in [0.29, 0.717) is 12.4 Å². The van der Waals surface area contributed by atoms with Gasteiger partial charge in [0.15, 0.2) is 0 Å². The Balaban J connectivity index is 1.28. The summed E-state index contributed by atoms with van der Waals surface area (Å²) in [6.07, 6.45) is 13.9. The number of urea groups is 1. The Morgan fingerprint density at radius 2 is 1.90 bits per heavy atom. The Morgan fingerprint density at radius 3 is 2.68 bits per heavy atom. The summed E-state index contributed by atoms with van der Waals surface area (Å²) >= 11 is 0. The van der Waals surface area contributed by atoms with Gasteiger partial charge in [0.25, 0.3) is 0 Å². The highest BCUT2D eigenvalue weighted by molar-refractivity contribution is 5.76. The van der Waals surface area contributed by atoms with Crippen LogP contribution in [0.1, 0.15) is 56.9 Å². The van der Waals surface area contributed by atoms with Crippen LogP contribution in [0, 0.1) is 0 Å². The van der Waals surface area contributed by atoms with Crippen LogP contribution in [0.2, 0.25) is 0 Å². The quantitative estimate of drug-likeness (QED) is 0.669. The largest absolute Gasteiger partial charge is 0.459 e. The summed E-state index contributed by atoms with van der Waals surface area (Å²) in [7, 11) is 0. The summed E-state index contributed by atoms with van der Waals surface area (Å²) in [5.74, 6) is 0.468. The maximum atomic E-state index is 13.1. The predicted octanol–water partition coefficient (Wildman–Crippen LogP) is 4.75. The van der Waals surface area contributed by atoms with Crippen LogP contribution in [0.3, 0.4) is 0 Å². The third kappa shape index (κ3) is 6.50. The van der Waals surface area contributed by atoms with Crippen molar-refractivity contribution in [3.63, 3.8) is 0 Å². The Bertz CT molecular complexity index is 769. The van der Waals surface area contributed by atoms with Gasteiger partial charge in [-0.1, -0.05) is 54.8 Å². The molecule has 4 rings (SSSR count). The van der Waals surface area contributed by atoms with Gasteiger partial charge in [-0.25, -0.2) is 4.79 Å². The first-order chi connectivity index (χ1) is 15.3. The molecule has 31 heavy (non-hydrogen) atoms. The number of allylic oxidation sites excluding steroid dienone is 1. The summed E-state index contributed by atoms with van der Waals surface area (Å²) in [6, 6.07) is 10.0. The van der Waals surface area contributed by atoms with Gasteiger partial charge in [0.05, 0.1) is 6.54 Å². The number of carbonyl (C=O) groups is 1. The molecule has 2 amide bonds. The zero-order chi connectivity index (χ0) is 21.3. The summed E-state index contributed by atoms with van der Waals surface area (Å²) in [6.45, 7) is 3.77. The third-order valence-corrected chi connectivity index (χ3v) is 6.38. The van der Waals surface area contributed by atoms with Gasteiger partial charge < -0.3 is 14.8 Å². The van der Waals surface area contributed by atoms with E-state index in [1.165, 1.54) is 44.8 Å². The number of likely N-dealkylation sites (tertiary alicyclic amines) is 1.